The second kappa shape index (κ2) is 11.0. The summed E-state index contributed by atoms with van der Waals surface area (Å²) >= 11 is 7.03. The van der Waals surface area contributed by atoms with Gasteiger partial charge in [0.25, 0.3) is 0 Å². The number of nitrogens with two attached hydrogens (primary N) is 2. The number of guanidine groups is 1. The summed E-state index contributed by atoms with van der Waals surface area (Å²) in [6.45, 7) is 9.19. The van der Waals surface area contributed by atoms with Crippen LogP contribution in [0.5, 0.6) is 11.5 Å². The molecule has 5 N–H and O–H groups in total. The van der Waals surface area contributed by atoms with Crippen LogP contribution in [0.2, 0.25) is 0 Å². The number of nitrogens with zero attached hydrogens (tertiary/aromatic N) is 1. The number of benzene rings is 2. The van der Waals surface area contributed by atoms with Gasteiger partial charge < -0.3 is 21.3 Å². The van der Waals surface area contributed by atoms with E-state index in [1.165, 1.54) is 11.1 Å². The third-order valence-corrected chi connectivity index (χ3v) is 5.96. The van der Waals surface area contributed by atoms with Crippen LogP contribution in [0.3, 0.4) is 0 Å². The average molecular weight is 555 g/mol. The Morgan fingerprint density at radius 1 is 1.06 bits per heavy atom. The van der Waals surface area contributed by atoms with Crippen molar-refractivity contribution in [3.05, 3.63) is 55.5 Å². The van der Waals surface area contributed by atoms with Crippen molar-refractivity contribution < 1.29 is 14.6 Å². The van der Waals surface area contributed by atoms with Crippen LogP contribution >= 0.6 is 31.9 Å². The summed E-state index contributed by atoms with van der Waals surface area (Å²) in [5.74, 6) is 1.15. The Hall–Kier alpha value is -2.06. The first-order valence-corrected chi connectivity index (χ1v) is 11.7. The number of rotatable bonds is 9. The van der Waals surface area contributed by atoms with Crippen molar-refractivity contribution in [1.29, 1.82) is 0 Å². The zero-order valence-electron chi connectivity index (χ0n) is 18.2. The summed E-state index contributed by atoms with van der Waals surface area (Å²) in [7, 11) is 0. The molecule has 168 valence electrons. The summed E-state index contributed by atoms with van der Waals surface area (Å²) in [6, 6.07) is 7.64. The molecule has 0 aliphatic carbocycles. The topological polar surface area (TPSA) is 111 Å². The highest BCUT2D eigenvalue weighted by Gasteiger charge is 2.19. The van der Waals surface area contributed by atoms with Crippen molar-refractivity contribution in [3.63, 3.8) is 0 Å². The maximum atomic E-state index is 11.0. The SMILES string of the molecule is CC(C)c1cc(Oc2c(Br)cc(CC(=O)O)cc2Br)cc(CCN=C(N)N)c1C(C)C. The first-order valence-electron chi connectivity index (χ1n) is 10.1. The fourth-order valence-electron chi connectivity index (χ4n) is 3.56. The molecule has 0 saturated heterocycles. The van der Waals surface area contributed by atoms with Crippen molar-refractivity contribution in [2.75, 3.05) is 6.54 Å². The van der Waals surface area contributed by atoms with Crippen molar-refractivity contribution >= 4 is 43.8 Å². The van der Waals surface area contributed by atoms with Crippen LogP contribution in [0.25, 0.3) is 0 Å². The molecule has 0 spiro atoms. The van der Waals surface area contributed by atoms with Gasteiger partial charge in [0.2, 0.25) is 0 Å². The predicted octanol–water partition coefficient (Wildman–Crippen LogP) is 5.69. The summed E-state index contributed by atoms with van der Waals surface area (Å²) < 4.78 is 7.63. The Bertz CT molecular complexity index is 961. The third-order valence-electron chi connectivity index (χ3n) is 4.78. The molecule has 0 radical (unpaired) electrons. The van der Waals surface area contributed by atoms with Gasteiger partial charge in [-0.15, -0.1) is 0 Å². The second-order valence-corrected chi connectivity index (χ2v) is 9.72. The standard InChI is InChI=1S/C23H29Br2N3O3/c1-12(2)17-11-16(10-15(21(17)13(3)4)5-6-28-23(26)27)31-22-18(24)7-14(8-19(22)25)9-20(29)30/h7-8,10-13H,5-6,9H2,1-4H3,(H,29,30)(H4,26,27,28). The first-order chi connectivity index (χ1) is 14.5. The molecule has 6 nitrogen and oxygen atoms in total. The van der Waals surface area contributed by atoms with Gasteiger partial charge in [0.05, 0.1) is 15.4 Å². The molecule has 0 aliphatic rings. The van der Waals surface area contributed by atoms with Gasteiger partial charge in [0.1, 0.15) is 5.75 Å². The lowest BCUT2D eigenvalue weighted by atomic mass is 9.85. The molecule has 0 saturated carbocycles. The van der Waals surface area contributed by atoms with Crippen LogP contribution in [-0.2, 0) is 17.6 Å². The number of aliphatic carboxylic acids is 1. The summed E-state index contributed by atoms with van der Waals surface area (Å²) in [6.07, 6.45) is 0.634. The lowest BCUT2D eigenvalue weighted by molar-refractivity contribution is -0.136. The average Bonchev–Trinajstić information content (AvgIpc) is 2.63. The van der Waals surface area contributed by atoms with Crippen LogP contribution in [0.4, 0.5) is 0 Å². The summed E-state index contributed by atoms with van der Waals surface area (Å²) in [5, 5.41) is 9.06. The minimum atomic E-state index is -0.885. The van der Waals surface area contributed by atoms with Crippen molar-refractivity contribution in [2.24, 2.45) is 16.5 Å². The fraction of sp³-hybridized carbons (Fsp3) is 0.391. The zero-order chi connectivity index (χ0) is 23.3. The van der Waals surface area contributed by atoms with Crippen LogP contribution in [-0.4, -0.2) is 23.6 Å². The van der Waals surface area contributed by atoms with Gasteiger partial charge in [0, 0.05) is 6.54 Å². The number of ether oxygens (including phenoxy) is 1. The molecule has 2 aromatic rings. The van der Waals surface area contributed by atoms with E-state index >= 15 is 0 Å². The fourth-order valence-corrected chi connectivity index (χ4v) is 5.01. The smallest absolute Gasteiger partial charge is 0.307 e. The lowest BCUT2D eigenvalue weighted by Crippen LogP contribution is -2.23. The van der Waals surface area contributed by atoms with E-state index in [0.29, 0.717) is 50.8 Å². The number of halogens is 2. The van der Waals surface area contributed by atoms with Crippen molar-refractivity contribution in [2.45, 2.75) is 52.4 Å². The molecule has 0 aromatic heterocycles. The van der Waals surface area contributed by atoms with Gasteiger partial charge in [-0.05, 0) is 96.6 Å². The Labute approximate surface area is 200 Å². The van der Waals surface area contributed by atoms with Crippen molar-refractivity contribution in [3.8, 4) is 11.5 Å². The van der Waals surface area contributed by atoms with Crippen LogP contribution < -0.4 is 16.2 Å². The lowest BCUT2D eigenvalue weighted by Gasteiger charge is -2.22. The van der Waals surface area contributed by atoms with E-state index in [4.69, 9.17) is 21.3 Å². The number of aliphatic imine (C=N–C) groups is 1. The Morgan fingerprint density at radius 3 is 2.16 bits per heavy atom. The largest absolute Gasteiger partial charge is 0.481 e. The zero-order valence-corrected chi connectivity index (χ0v) is 21.4. The van der Waals surface area contributed by atoms with Crippen LogP contribution in [0.1, 0.15) is 61.8 Å². The highest BCUT2D eigenvalue weighted by molar-refractivity contribution is 9.11. The molecular formula is C23H29Br2N3O3. The van der Waals surface area contributed by atoms with E-state index in [0.717, 1.165) is 5.56 Å². The molecule has 0 bridgehead atoms. The van der Waals surface area contributed by atoms with E-state index < -0.39 is 5.97 Å². The van der Waals surface area contributed by atoms with Gasteiger partial charge in [-0.25, -0.2) is 0 Å². The molecule has 2 aromatic carbocycles. The molecule has 8 heteroatoms. The molecule has 0 heterocycles. The molecule has 0 aliphatic heterocycles. The number of hydrogen-bond donors (Lipinski definition) is 3. The van der Waals surface area contributed by atoms with E-state index in [9.17, 15) is 4.79 Å². The van der Waals surface area contributed by atoms with Gasteiger partial charge in [-0.1, -0.05) is 27.7 Å². The maximum absolute atomic E-state index is 11.0. The number of carboxylic acid groups (broad SMARTS) is 1. The van der Waals surface area contributed by atoms with Crippen LogP contribution in [0, 0.1) is 0 Å². The van der Waals surface area contributed by atoms with Gasteiger partial charge in [0.15, 0.2) is 11.7 Å². The number of hydrogen-bond acceptors (Lipinski definition) is 3. The highest BCUT2D eigenvalue weighted by atomic mass is 79.9. The minimum Gasteiger partial charge on any atom is -0.481 e. The van der Waals surface area contributed by atoms with Crippen molar-refractivity contribution in [1.82, 2.24) is 0 Å². The summed E-state index contributed by atoms with van der Waals surface area (Å²) in [4.78, 5) is 15.2. The van der Waals surface area contributed by atoms with E-state index in [1.54, 1.807) is 12.1 Å². The van der Waals surface area contributed by atoms with Gasteiger partial charge >= 0.3 is 5.97 Å². The Morgan fingerprint density at radius 2 is 1.68 bits per heavy atom. The molecule has 31 heavy (non-hydrogen) atoms. The summed E-state index contributed by atoms with van der Waals surface area (Å²) in [5.41, 5.74) is 15.3. The molecular weight excluding hydrogens is 526 g/mol. The quantitative estimate of drug-likeness (QED) is 0.272. The number of carbonyl (C=O) groups is 1. The second-order valence-electron chi connectivity index (χ2n) is 8.01. The van der Waals surface area contributed by atoms with Gasteiger partial charge in [-0.2, -0.15) is 0 Å². The van der Waals surface area contributed by atoms with Crippen LogP contribution in [0.15, 0.2) is 38.2 Å². The monoisotopic (exact) mass is 553 g/mol. The van der Waals surface area contributed by atoms with Gasteiger partial charge in [-0.3, -0.25) is 9.79 Å². The maximum Gasteiger partial charge on any atom is 0.307 e. The van der Waals surface area contributed by atoms with E-state index in [1.807, 2.05) is 6.07 Å². The Kier molecular flexibility index (Phi) is 8.94. The number of carboxylic acids is 1. The highest BCUT2D eigenvalue weighted by Crippen LogP contribution is 2.40. The van der Waals surface area contributed by atoms with E-state index in [2.05, 4.69) is 70.6 Å². The molecule has 0 amide bonds. The molecule has 2 rings (SSSR count). The normalized spacial score (nSPS) is 11.1. The minimum absolute atomic E-state index is 0.0625. The first kappa shape index (κ1) is 25.2. The molecule has 0 unspecified atom stereocenters. The Balaban J connectivity index is 2.50. The van der Waals surface area contributed by atoms with E-state index in [-0.39, 0.29) is 12.4 Å². The molecule has 0 atom stereocenters. The molecule has 0 fully saturated rings. The third kappa shape index (κ3) is 6.97. The predicted molar refractivity (Wildman–Crippen MR) is 132 cm³/mol.